The lowest BCUT2D eigenvalue weighted by molar-refractivity contribution is 0.0696. The number of aromatic carboxylic acids is 2. The number of aromatic nitrogens is 6. The van der Waals surface area contributed by atoms with Gasteiger partial charge in [0.05, 0.1) is 16.8 Å². The van der Waals surface area contributed by atoms with E-state index in [1.54, 1.807) is 11.4 Å². The highest BCUT2D eigenvalue weighted by Crippen LogP contribution is 2.28. The zero-order valence-electron chi connectivity index (χ0n) is 15.7. The average molecular weight is 426 g/mol. The maximum Gasteiger partial charge on any atom is 0.335 e. The fourth-order valence-corrected chi connectivity index (χ4v) is 3.36. The molecule has 0 fully saturated rings. The van der Waals surface area contributed by atoms with Crippen LogP contribution in [-0.4, -0.2) is 52.2 Å². The zero-order valence-corrected chi connectivity index (χ0v) is 16.5. The van der Waals surface area contributed by atoms with Crippen LogP contribution in [0.2, 0.25) is 0 Å². The predicted molar refractivity (Wildman–Crippen MR) is 104 cm³/mol. The molecule has 3 aromatic heterocycles. The second kappa shape index (κ2) is 7.44. The van der Waals surface area contributed by atoms with Crippen molar-refractivity contribution >= 4 is 39.7 Å². The molecular formula is C17H14N8O4S. The predicted octanol–water partition coefficient (Wildman–Crippen LogP) is 2.93. The Kier molecular flexibility index (Phi) is 4.79. The molecule has 0 unspecified atom stereocenters. The number of carboxylic acid groups (broad SMARTS) is 2. The second-order valence-corrected chi connectivity index (χ2v) is 7.53. The molecule has 13 heteroatoms. The van der Waals surface area contributed by atoms with Crippen LogP contribution in [0.25, 0.3) is 5.65 Å². The molecule has 30 heavy (non-hydrogen) atoms. The summed E-state index contributed by atoms with van der Waals surface area (Å²) in [5.74, 6) is -1.97. The summed E-state index contributed by atoms with van der Waals surface area (Å²) in [5.41, 5.74) is 1.84. The summed E-state index contributed by atoms with van der Waals surface area (Å²) < 4.78 is 1.60. The van der Waals surface area contributed by atoms with Gasteiger partial charge in [0.15, 0.2) is 11.5 Å². The number of nitrogens with one attached hydrogen (secondary N) is 1. The number of aryl methyl sites for hydroxylation is 2. The third-order valence-corrected chi connectivity index (χ3v) is 4.90. The van der Waals surface area contributed by atoms with Crippen molar-refractivity contribution in [2.24, 2.45) is 10.2 Å². The Balaban J connectivity index is 1.69. The van der Waals surface area contributed by atoms with E-state index >= 15 is 0 Å². The lowest BCUT2D eigenvalue weighted by atomic mass is 10.0. The van der Waals surface area contributed by atoms with Gasteiger partial charge in [0, 0.05) is 6.42 Å². The van der Waals surface area contributed by atoms with Crippen molar-refractivity contribution in [3.05, 3.63) is 51.4 Å². The number of hydrogen-bond acceptors (Lipinski definition) is 9. The van der Waals surface area contributed by atoms with E-state index in [0.717, 1.165) is 11.1 Å². The van der Waals surface area contributed by atoms with E-state index in [0.29, 0.717) is 33.5 Å². The van der Waals surface area contributed by atoms with Crippen molar-refractivity contribution in [3.63, 3.8) is 0 Å². The van der Waals surface area contributed by atoms with Gasteiger partial charge in [0.1, 0.15) is 5.01 Å². The molecule has 3 heterocycles. The average Bonchev–Trinajstić information content (AvgIpc) is 3.36. The fraction of sp³-hybridized carbons (Fsp3) is 0.176. The van der Waals surface area contributed by atoms with Gasteiger partial charge in [-0.1, -0.05) is 11.3 Å². The molecule has 0 radical (unpaired) electrons. The van der Waals surface area contributed by atoms with Crippen LogP contribution in [0.1, 0.15) is 42.8 Å². The molecule has 0 aliphatic rings. The van der Waals surface area contributed by atoms with Crippen LogP contribution in [0.4, 0.5) is 10.8 Å². The van der Waals surface area contributed by atoms with E-state index in [9.17, 15) is 19.8 Å². The Labute approximate surface area is 171 Å². The van der Waals surface area contributed by atoms with E-state index in [2.05, 4.69) is 35.7 Å². The molecule has 0 atom stereocenters. The molecule has 0 aliphatic carbocycles. The number of benzene rings is 1. The van der Waals surface area contributed by atoms with Gasteiger partial charge in [-0.05, 0) is 37.6 Å². The van der Waals surface area contributed by atoms with Gasteiger partial charge in [-0.2, -0.15) is 0 Å². The Morgan fingerprint density at radius 3 is 2.33 bits per heavy atom. The number of H-pyrrole nitrogens is 1. The molecule has 152 valence electrons. The SMILES string of the molecule is Cc1nnc(N=Nc2c(C)[nH]n3c(Cc4cc(C(=O)O)cc(C(=O)O)c4)nnc23)s1. The summed E-state index contributed by atoms with van der Waals surface area (Å²) in [4.78, 5) is 22.6. The van der Waals surface area contributed by atoms with Gasteiger partial charge in [-0.15, -0.1) is 30.6 Å². The number of carbonyl (C=O) groups is 2. The normalized spacial score (nSPS) is 11.5. The highest BCUT2D eigenvalue weighted by atomic mass is 32.1. The Hall–Kier alpha value is -4.00. The van der Waals surface area contributed by atoms with Crippen molar-refractivity contribution in [3.8, 4) is 0 Å². The standard InChI is InChI=1S/C17H14N8O4S/c1-7-13(20-23-17-22-18-8(2)30-17)14-21-19-12(25(14)24-7)5-9-3-10(15(26)27)6-11(4-9)16(28)29/h3-4,6,24H,5H2,1-2H3,(H,26,27)(H,28,29). The van der Waals surface area contributed by atoms with Crippen LogP contribution in [0.5, 0.6) is 0 Å². The zero-order chi connectivity index (χ0) is 21.4. The Bertz CT molecular complexity index is 1290. The molecule has 3 N–H and O–H groups in total. The van der Waals surface area contributed by atoms with E-state index in [-0.39, 0.29) is 17.5 Å². The highest BCUT2D eigenvalue weighted by Gasteiger charge is 2.17. The second-order valence-electron chi connectivity index (χ2n) is 6.37. The number of carboxylic acids is 2. The lowest BCUT2D eigenvalue weighted by Gasteiger charge is -2.04. The summed E-state index contributed by atoms with van der Waals surface area (Å²) in [5, 5.41) is 47.1. The summed E-state index contributed by atoms with van der Waals surface area (Å²) in [6.07, 6.45) is 0.161. The number of nitrogens with zero attached hydrogens (tertiary/aromatic N) is 7. The molecule has 0 spiro atoms. The van der Waals surface area contributed by atoms with Gasteiger partial charge in [-0.25, -0.2) is 14.1 Å². The Morgan fingerprint density at radius 2 is 1.73 bits per heavy atom. The molecule has 4 rings (SSSR count). The largest absolute Gasteiger partial charge is 0.478 e. The van der Waals surface area contributed by atoms with Crippen molar-refractivity contribution in [2.45, 2.75) is 20.3 Å². The van der Waals surface area contributed by atoms with Gasteiger partial charge in [0.2, 0.25) is 5.65 Å². The van der Waals surface area contributed by atoms with Gasteiger partial charge < -0.3 is 10.2 Å². The van der Waals surface area contributed by atoms with Crippen molar-refractivity contribution in [2.75, 3.05) is 0 Å². The monoisotopic (exact) mass is 426 g/mol. The first-order valence-corrected chi connectivity index (χ1v) is 9.38. The highest BCUT2D eigenvalue weighted by molar-refractivity contribution is 7.14. The summed E-state index contributed by atoms with van der Waals surface area (Å²) in [6, 6.07) is 3.92. The van der Waals surface area contributed by atoms with E-state index in [4.69, 9.17) is 0 Å². The van der Waals surface area contributed by atoms with E-state index in [1.807, 2.05) is 6.92 Å². The molecule has 0 saturated carbocycles. The lowest BCUT2D eigenvalue weighted by Crippen LogP contribution is -2.06. The third kappa shape index (κ3) is 3.65. The van der Waals surface area contributed by atoms with Crippen LogP contribution in [-0.2, 0) is 6.42 Å². The first-order chi connectivity index (χ1) is 14.3. The first kappa shape index (κ1) is 19.3. The summed E-state index contributed by atoms with van der Waals surface area (Å²) in [6.45, 7) is 3.61. The molecular weight excluding hydrogens is 412 g/mol. The molecule has 4 aromatic rings. The number of rotatable bonds is 6. The molecule has 12 nitrogen and oxygen atoms in total. The topological polar surface area (TPSA) is 171 Å². The fourth-order valence-electron chi connectivity index (χ4n) is 2.85. The minimum atomic E-state index is -1.21. The molecule has 0 saturated heterocycles. The number of hydrogen-bond donors (Lipinski definition) is 3. The van der Waals surface area contributed by atoms with Crippen LogP contribution < -0.4 is 0 Å². The van der Waals surface area contributed by atoms with Crippen LogP contribution >= 0.6 is 11.3 Å². The minimum Gasteiger partial charge on any atom is -0.478 e. The van der Waals surface area contributed by atoms with Gasteiger partial charge in [0.25, 0.3) is 5.13 Å². The smallest absolute Gasteiger partial charge is 0.335 e. The molecule has 0 bridgehead atoms. The quantitative estimate of drug-likeness (QED) is 0.395. The summed E-state index contributed by atoms with van der Waals surface area (Å²) in [7, 11) is 0. The minimum absolute atomic E-state index is 0.116. The summed E-state index contributed by atoms with van der Waals surface area (Å²) >= 11 is 1.30. The van der Waals surface area contributed by atoms with Gasteiger partial charge >= 0.3 is 11.9 Å². The maximum atomic E-state index is 11.3. The Morgan fingerprint density at radius 1 is 1.03 bits per heavy atom. The molecule has 0 amide bonds. The molecule has 0 aliphatic heterocycles. The van der Waals surface area contributed by atoms with Crippen molar-refractivity contribution in [1.29, 1.82) is 0 Å². The van der Waals surface area contributed by atoms with E-state index < -0.39 is 11.9 Å². The van der Waals surface area contributed by atoms with Crippen LogP contribution in [0.15, 0.2) is 28.4 Å². The molecule has 1 aromatic carbocycles. The maximum absolute atomic E-state index is 11.3. The number of aromatic amines is 1. The van der Waals surface area contributed by atoms with Crippen molar-refractivity contribution in [1.82, 2.24) is 30.0 Å². The van der Waals surface area contributed by atoms with Gasteiger partial charge in [-0.3, -0.25) is 5.10 Å². The van der Waals surface area contributed by atoms with Crippen LogP contribution in [0, 0.1) is 13.8 Å². The first-order valence-electron chi connectivity index (χ1n) is 8.57. The third-order valence-electron chi connectivity index (χ3n) is 4.18. The number of azo groups is 1. The van der Waals surface area contributed by atoms with Crippen molar-refractivity contribution < 1.29 is 19.8 Å². The number of fused-ring (bicyclic) bond motifs is 1. The van der Waals surface area contributed by atoms with E-state index in [1.165, 1.54) is 23.5 Å². The van der Waals surface area contributed by atoms with Crippen LogP contribution in [0.3, 0.4) is 0 Å².